The van der Waals surface area contributed by atoms with E-state index in [1.54, 1.807) is 20.8 Å². The molecule has 0 aliphatic rings. The van der Waals surface area contributed by atoms with E-state index in [9.17, 15) is 9.46 Å². The highest BCUT2D eigenvalue weighted by Gasteiger charge is 2.35. The van der Waals surface area contributed by atoms with Crippen molar-refractivity contribution in [2.45, 2.75) is 129 Å². The van der Waals surface area contributed by atoms with Gasteiger partial charge in [0.05, 0.1) is 11.8 Å². The van der Waals surface area contributed by atoms with Gasteiger partial charge in [0.25, 0.3) is 0 Å². The molecule has 0 rings (SSSR count). The number of rotatable bonds is 20. The normalized spacial score (nSPS) is 14.3. The smallest absolute Gasteiger partial charge is 0.333 e. The van der Waals surface area contributed by atoms with Gasteiger partial charge in [0.1, 0.15) is 0 Å². The molecule has 0 fully saturated rings. The Bertz CT molecular complexity index is 379. The summed E-state index contributed by atoms with van der Waals surface area (Å²) in [5.74, 6) is 0. The van der Waals surface area contributed by atoms with E-state index >= 15 is 0 Å². The molecular formula is C23H49O4P. The minimum absolute atomic E-state index is 0.282. The second kappa shape index (κ2) is 17.9. The minimum Gasteiger partial charge on any atom is -0.381 e. The van der Waals surface area contributed by atoms with Crippen molar-refractivity contribution in [3.05, 3.63) is 0 Å². The number of unbranched alkanes of at least 4 members (excludes halogenated alkanes) is 13. The topological polar surface area (TPSA) is 55.8 Å². The summed E-state index contributed by atoms with van der Waals surface area (Å²) in [4.78, 5) is 9.79. The Morgan fingerprint density at radius 1 is 0.643 bits per heavy atom. The molecule has 0 heterocycles. The van der Waals surface area contributed by atoms with E-state index in [2.05, 4.69) is 6.92 Å². The summed E-state index contributed by atoms with van der Waals surface area (Å²) in [6, 6.07) is 0. The summed E-state index contributed by atoms with van der Waals surface area (Å²) in [7, 11) is -3.52. The van der Waals surface area contributed by atoms with Crippen LogP contribution in [0.25, 0.3) is 0 Å². The molecule has 1 atom stereocenters. The summed E-state index contributed by atoms with van der Waals surface area (Å²) in [5, 5.41) is -0.720. The lowest BCUT2D eigenvalue weighted by atomic mass is 10.0. The van der Waals surface area contributed by atoms with Crippen molar-refractivity contribution < 1.29 is 18.7 Å². The van der Waals surface area contributed by atoms with Crippen LogP contribution in [-0.4, -0.2) is 29.9 Å². The molecule has 0 saturated heterocycles. The maximum absolute atomic E-state index is 11.9. The maximum Gasteiger partial charge on any atom is 0.333 e. The van der Waals surface area contributed by atoms with Crippen molar-refractivity contribution in [2.75, 3.05) is 19.8 Å². The van der Waals surface area contributed by atoms with Crippen LogP contribution in [0.2, 0.25) is 0 Å². The van der Waals surface area contributed by atoms with Crippen LogP contribution in [-0.2, 0) is 13.8 Å². The number of ether oxygens (including phenoxy) is 1. The van der Waals surface area contributed by atoms with Crippen molar-refractivity contribution in [1.29, 1.82) is 0 Å². The van der Waals surface area contributed by atoms with E-state index in [1.807, 2.05) is 0 Å². The van der Waals surface area contributed by atoms with E-state index in [4.69, 9.17) is 9.26 Å². The van der Waals surface area contributed by atoms with E-state index in [-0.39, 0.29) is 6.61 Å². The van der Waals surface area contributed by atoms with Crippen molar-refractivity contribution in [3.8, 4) is 0 Å². The first-order valence-corrected chi connectivity index (χ1v) is 13.4. The van der Waals surface area contributed by atoms with Crippen LogP contribution >= 0.6 is 7.60 Å². The van der Waals surface area contributed by atoms with Crippen molar-refractivity contribution in [2.24, 2.45) is 0 Å². The molecule has 0 saturated carbocycles. The zero-order chi connectivity index (χ0) is 21.1. The Labute approximate surface area is 175 Å². The van der Waals surface area contributed by atoms with Gasteiger partial charge >= 0.3 is 7.60 Å². The molecule has 1 unspecified atom stereocenters. The molecule has 0 bridgehead atoms. The molecule has 0 aliphatic heterocycles. The van der Waals surface area contributed by atoms with Crippen LogP contribution in [0.1, 0.15) is 124 Å². The van der Waals surface area contributed by atoms with Crippen LogP contribution in [0, 0.1) is 0 Å². The quantitative estimate of drug-likeness (QED) is 0.161. The van der Waals surface area contributed by atoms with Gasteiger partial charge in [-0.15, -0.1) is 0 Å². The molecule has 0 aliphatic carbocycles. The molecule has 0 aromatic carbocycles. The lowest BCUT2D eigenvalue weighted by Gasteiger charge is -2.24. The SMILES string of the molecule is CCCCCCCCCCCCCCCCOCCCOP(=O)(O)C(C)(C)C. The molecule has 0 spiro atoms. The molecule has 5 heteroatoms. The first-order valence-electron chi connectivity index (χ1n) is 11.9. The lowest BCUT2D eigenvalue weighted by Crippen LogP contribution is -2.17. The number of hydrogen-bond acceptors (Lipinski definition) is 3. The van der Waals surface area contributed by atoms with Gasteiger partial charge in [0, 0.05) is 13.2 Å². The fourth-order valence-electron chi connectivity index (χ4n) is 3.04. The maximum atomic E-state index is 11.9. The van der Waals surface area contributed by atoms with E-state index in [0.717, 1.165) is 13.0 Å². The summed E-state index contributed by atoms with van der Waals surface area (Å²) < 4.78 is 22.7. The summed E-state index contributed by atoms with van der Waals surface area (Å²) in [6.45, 7) is 9.11. The molecule has 170 valence electrons. The largest absolute Gasteiger partial charge is 0.381 e. The molecule has 0 amide bonds. The predicted octanol–water partition coefficient (Wildman–Crippen LogP) is 7.87. The molecule has 0 radical (unpaired) electrons. The van der Waals surface area contributed by atoms with Gasteiger partial charge in [-0.3, -0.25) is 4.57 Å². The molecular weight excluding hydrogens is 371 g/mol. The van der Waals surface area contributed by atoms with Crippen molar-refractivity contribution >= 4 is 7.60 Å². The highest BCUT2D eigenvalue weighted by atomic mass is 31.2. The Hall–Kier alpha value is 0.110. The molecule has 0 aromatic heterocycles. The molecule has 1 N–H and O–H groups in total. The van der Waals surface area contributed by atoms with Gasteiger partial charge in [0.15, 0.2) is 0 Å². The van der Waals surface area contributed by atoms with Crippen LogP contribution < -0.4 is 0 Å². The zero-order valence-electron chi connectivity index (χ0n) is 19.3. The Morgan fingerprint density at radius 3 is 1.46 bits per heavy atom. The van der Waals surface area contributed by atoms with E-state index < -0.39 is 12.8 Å². The van der Waals surface area contributed by atoms with Gasteiger partial charge in [-0.2, -0.15) is 0 Å². The van der Waals surface area contributed by atoms with Gasteiger partial charge in [-0.05, 0) is 33.6 Å². The van der Waals surface area contributed by atoms with Crippen LogP contribution in [0.15, 0.2) is 0 Å². The summed E-state index contributed by atoms with van der Waals surface area (Å²) in [6.07, 6.45) is 19.8. The van der Waals surface area contributed by atoms with E-state index in [1.165, 1.54) is 83.5 Å². The second-order valence-corrected chi connectivity index (χ2v) is 11.7. The second-order valence-electron chi connectivity index (χ2n) is 9.09. The van der Waals surface area contributed by atoms with Gasteiger partial charge in [-0.25, -0.2) is 0 Å². The van der Waals surface area contributed by atoms with Crippen molar-refractivity contribution in [3.63, 3.8) is 0 Å². The van der Waals surface area contributed by atoms with Crippen LogP contribution in [0.5, 0.6) is 0 Å². The van der Waals surface area contributed by atoms with Gasteiger partial charge in [0.2, 0.25) is 0 Å². The highest BCUT2D eigenvalue weighted by molar-refractivity contribution is 7.54. The Balaban J connectivity index is 3.19. The summed E-state index contributed by atoms with van der Waals surface area (Å²) >= 11 is 0. The first kappa shape index (κ1) is 28.1. The fraction of sp³-hybridized carbons (Fsp3) is 1.00. The Kier molecular flexibility index (Phi) is 18.0. The molecule has 0 aromatic rings. The average Bonchev–Trinajstić information content (AvgIpc) is 2.62. The standard InChI is InChI=1S/C23H49O4P/c1-5-6-7-8-9-10-11-12-13-14-15-16-17-18-20-26-21-19-22-27-28(24,25)23(2,3)4/h5-22H2,1-4H3,(H,24,25). The lowest BCUT2D eigenvalue weighted by molar-refractivity contribution is 0.112. The third kappa shape index (κ3) is 17.0. The monoisotopic (exact) mass is 420 g/mol. The van der Waals surface area contributed by atoms with Crippen molar-refractivity contribution in [1.82, 2.24) is 0 Å². The predicted molar refractivity (Wildman–Crippen MR) is 121 cm³/mol. The van der Waals surface area contributed by atoms with Crippen LogP contribution in [0.4, 0.5) is 0 Å². The highest BCUT2D eigenvalue weighted by Crippen LogP contribution is 2.54. The Morgan fingerprint density at radius 2 is 1.04 bits per heavy atom. The zero-order valence-corrected chi connectivity index (χ0v) is 20.2. The molecule has 28 heavy (non-hydrogen) atoms. The van der Waals surface area contributed by atoms with E-state index in [0.29, 0.717) is 13.0 Å². The average molecular weight is 421 g/mol. The third-order valence-electron chi connectivity index (χ3n) is 5.19. The molecule has 4 nitrogen and oxygen atoms in total. The minimum atomic E-state index is -3.52. The van der Waals surface area contributed by atoms with Gasteiger partial charge in [-0.1, -0.05) is 90.4 Å². The first-order chi connectivity index (χ1) is 13.3. The summed E-state index contributed by atoms with van der Waals surface area (Å²) in [5.41, 5.74) is 0. The van der Waals surface area contributed by atoms with Gasteiger partial charge < -0.3 is 14.2 Å². The fourth-order valence-corrected chi connectivity index (χ4v) is 3.81. The van der Waals surface area contributed by atoms with Crippen LogP contribution in [0.3, 0.4) is 0 Å². The third-order valence-corrected chi connectivity index (χ3v) is 7.42. The number of hydrogen-bond donors (Lipinski definition) is 1.